The Morgan fingerprint density at radius 1 is 1.14 bits per heavy atom. The number of fused-ring (bicyclic) bond motifs is 1. The minimum Gasteiger partial charge on any atom is -0.493 e. The molecule has 1 atom stereocenters. The Bertz CT molecular complexity index is 709. The van der Waals surface area contributed by atoms with Gasteiger partial charge < -0.3 is 30.3 Å². The van der Waals surface area contributed by atoms with Crippen molar-refractivity contribution < 1.29 is 14.3 Å². The van der Waals surface area contributed by atoms with Gasteiger partial charge in [0.05, 0.1) is 20.3 Å². The predicted octanol–water partition coefficient (Wildman–Crippen LogP) is 2.59. The van der Waals surface area contributed by atoms with Crippen molar-refractivity contribution in [3.63, 3.8) is 0 Å². The van der Waals surface area contributed by atoms with Crippen molar-refractivity contribution >= 4 is 23.4 Å². The second-order valence-corrected chi connectivity index (χ2v) is 7.89. The highest BCUT2D eigenvalue weighted by molar-refractivity contribution is 7.80. The van der Waals surface area contributed by atoms with Crippen molar-refractivity contribution in [1.29, 1.82) is 0 Å². The first-order valence-electron chi connectivity index (χ1n) is 9.63. The highest BCUT2D eigenvalue weighted by atomic mass is 32.1. The van der Waals surface area contributed by atoms with Gasteiger partial charge in [-0.2, -0.15) is 0 Å². The van der Waals surface area contributed by atoms with Gasteiger partial charge in [-0.05, 0) is 69.6 Å². The molecular weight excluding hydrogens is 376 g/mol. The van der Waals surface area contributed by atoms with E-state index in [2.05, 4.69) is 16.0 Å². The number of hydrogen-bond acceptors (Lipinski definition) is 4. The third kappa shape index (κ3) is 5.41. The van der Waals surface area contributed by atoms with E-state index >= 15 is 0 Å². The summed E-state index contributed by atoms with van der Waals surface area (Å²) in [4.78, 5) is 14.7. The van der Waals surface area contributed by atoms with Crippen molar-refractivity contribution in [3.8, 4) is 11.5 Å². The molecule has 1 heterocycles. The summed E-state index contributed by atoms with van der Waals surface area (Å²) in [6.45, 7) is 9.11. The Kier molecular flexibility index (Phi) is 7.74. The zero-order valence-corrected chi connectivity index (χ0v) is 18.4. The normalized spacial score (nSPS) is 15.9. The van der Waals surface area contributed by atoms with Gasteiger partial charge in [0, 0.05) is 25.2 Å². The molecule has 0 saturated heterocycles. The maximum absolute atomic E-state index is 12.8. The number of ether oxygens (including phenoxy) is 2. The molecule has 7 nitrogen and oxygen atoms in total. The Hall–Kier alpha value is -2.22. The van der Waals surface area contributed by atoms with Crippen LogP contribution in [0.3, 0.4) is 0 Å². The first kappa shape index (κ1) is 22.1. The molecule has 0 bridgehead atoms. The molecule has 3 N–H and O–H groups in total. The van der Waals surface area contributed by atoms with Crippen LogP contribution < -0.4 is 25.4 Å². The second kappa shape index (κ2) is 9.82. The maximum atomic E-state index is 12.8. The average molecular weight is 409 g/mol. The molecule has 0 saturated carbocycles. The second-order valence-electron chi connectivity index (χ2n) is 7.48. The van der Waals surface area contributed by atoms with Crippen LogP contribution in [-0.2, 0) is 6.42 Å². The van der Waals surface area contributed by atoms with Gasteiger partial charge in [0.25, 0.3) is 0 Å². The molecule has 28 heavy (non-hydrogen) atoms. The van der Waals surface area contributed by atoms with Crippen LogP contribution in [-0.4, -0.2) is 55.4 Å². The number of benzene rings is 1. The lowest BCUT2D eigenvalue weighted by atomic mass is 9.92. The highest BCUT2D eigenvalue weighted by Gasteiger charge is 2.32. The molecular formula is C20H32N4O3S. The van der Waals surface area contributed by atoms with Crippen molar-refractivity contribution in [3.05, 3.63) is 23.3 Å². The summed E-state index contributed by atoms with van der Waals surface area (Å²) < 4.78 is 10.9. The monoisotopic (exact) mass is 408 g/mol. The molecule has 0 aliphatic carbocycles. The summed E-state index contributed by atoms with van der Waals surface area (Å²) in [5, 5.41) is 10.0. The molecule has 1 aliphatic rings. The molecule has 2 rings (SSSR count). The predicted molar refractivity (Wildman–Crippen MR) is 115 cm³/mol. The van der Waals surface area contributed by atoms with E-state index < -0.39 is 0 Å². The van der Waals surface area contributed by atoms with Gasteiger partial charge in [0.2, 0.25) is 0 Å². The summed E-state index contributed by atoms with van der Waals surface area (Å²) in [6, 6.07) is 4.02. The number of nitrogens with one attached hydrogen (secondary N) is 3. The molecule has 2 amide bonds. The van der Waals surface area contributed by atoms with Crippen LogP contribution in [0, 0.1) is 0 Å². The van der Waals surface area contributed by atoms with Gasteiger partial charge in [-0.15, -0.1) is 0 Å². The number of nitrogens with zero attached hydrogens (tertiary/aromatic N) is 1. The van der Waals surface area contributed by atoms with Gasteiger partial charge in [0.1, 0.15) is 0 Å². The van der Waals surface area contributed by atoms with Gasteiger partial charge in [-0.25, -0.2) is 4.79 Å². The first-order valence-corrected chi connectivity index (χ1v) is 10.0. The van der Waals surface area contributed by atoms with Crippen LogP contribution >= 0.6 is 12.2 Å². The van der Waals surface area contributed by atoms with E-state index in [1.165, 1.54) is 0 Å². The van der Waals surface area contributed by atoms with E-state index in [1.54, 1.807) is 14.2 Å². The molecule has 0 spiro atoms. The van der Waals surface area contributed by atoms with Crippen LogP contribution in [0.1, 0.15) is 44.9 Å². The van der Waals surface area contributed by atoms with Crippen LogP contribution in [0.4, 0.5) is 4.79 Å². The van der Waals surface area contributed by atoms with Crippen LogP contribution in [0.25, 0.3) is 0 Å². The quantitative estimate of drug-likeness (QED) is 0.629. The standard InChI is InChI=1S/C20H32N4O3S/c1-12(2)22-19(28)21-11-16-15-10-18(27-6)17(26-5)9-14(15)7-8-24(16)20(25)23-13(3)4/h9-10,12-13,16H,7-8,11H2,1-6H3,(H,23,25)(H2,21,22,28). The number of amides is 2. The van der Waals surface area contributed by atoms with Crippen molar-refractivity contribution in [2.45, 2.75) is 52.2 Å². The molecule has 8 heteroatoms. The number of carbonyl (C=O) groups is 1. The zero-order valence-electron chi connectivity index (χ0n) is 17.6. The Morgan fingerprint density at radius 2 is 1.75 bits per heavy atom. The number of hydrogen-bond donors (Lipinski definition) is 3. The third-order valence-corrected chi connectivity index (χ3v) is 4.81. The lowest BCUT2D eigenvalue weighted by Crippen LogP contribution is -2.51. The maximum Gasteiger partial charge on any atom is 0.318 e. The van der Waals surface area contributed by atoms with E-state index in [4.69, 9.17) is 21.7 Å². The molecule has 0 aromatic heterocycles. The number of rotatable bonds is 6. The van der Waals surface area contributed by atoms with Crippen LogP contribution in [0.15, 0.2) is 12.1 Å². The summed E-state index contributed by atoms with van der Waals surface area (Å²) in [5.74, 6) is 1.35. The number of thiocarbonyl (C=S) groups is 1. The van der Waals surface area contributed by atoms with Gasteiger partial charge in [0.15, 0.2) is 16.6 Å². The number of methoxy groups -OCH3 is 2. The topological polar surface area (TPSA) is 74.9 Å². The molecule has 1 aromatic carbocycles. The van der Waals surface area contributed by atoms with Crippen LogP contribution in [0.2, 0.25) is 0 Å². The summed E-state index contributed by atoms with van der Waals surface area (Å²) >= 11 is 5.37. The van der Waals surface area contributed by atoms with E-state index in [-0.39, 0.29) is 24.2 Å². The molecule has 1 unspecified atom stereocenters. The van der Waals surface area contributed by atoms with Crippen LogP contribution in [0.5, 0.6) is 11.5 Å². The number of carbonyl (C=O) groups excluding carboxylic acids is 1. The molecule has 0 fully saturated rings. The zero-order chi connectivity index (χ0) is 20.8. The van der Waals surface area contributed by atoms with Crippen molar-refractivity contribution in [2.75, 3.05) is 27.3 Å². The van der Waals surface area contributed by atoms with Gasteiger partial charge >= 0.3 is 6.03 Å². The lowest BCUT2D eigenvalue weighted by Gasteiger charge is -2.38. The third-order valence-electron chi connectivity index (χ3n) is 4.55. The van der Waals surface area contributed by atoms with Gasteiger partial charge in [-0.1, -0.05) is 0 Å². The van der Waals surface area contributed by atoms with Crippen molar-refractivity contribution in [1.82, 2.24) is 20.9 Å². The minimum absolute atomic E-state index is 0.0663. The fraction of sp³-hybridized carbons (Fsp3) is 0.600. The Morgan fingerprint density at radius 3 is 2.32 bits per heavy atom. The van der Waals surface area contributed by atoms with E-state index in [9.17, 15) is 4.79 Å². The van der Waals surface area contributed by atoms with Crippen molar-refractivity contribution in [2.24, 2.45) is 0 Å². The molecule has 156 valence electrons. The lowest BCUT2D eigenvalue weighted by molar-refractivity contribution is 0.167. The summed E-state index contributed by atoms with van der Waals surface area (Å²) in [5.41, 5.74) is 2.20. The molecule has 1 aliphatic heterocycles. The Balaban J connectivity index is 2.34. The van der Waals surface area contributed by atoms with E-state index in [1.807, 2.05) is 44.7 Å². The molecule has 0 radical (unpaired) electrons. The average Bonchev–Trinajstić information content (AvgIpc) is 2.63. The van der Waals surface area contributed by atoms with E-state index in [0.29, 0.717) is 29.7 Å². The van der Waals surface area contributed by atoms with E-state index in [0.717, 1.165) is 17.5 Å². The fourth-order valence-corrected chi connectivity index (χ4v) is 3.64. The molecule has 1 aromatic rings. The fourth-order valence-electron chi connectivity index (χ4n) is 3.32. The Labute approximate surface area is 173 Å². The van der Waals surface area contributed by atoms with Gasteiger partial charge in [-0.3, -0.25) is 0 Å². The smallest absolute Gasteiger partial charge is 0.318 e. The highest BCUT2D eigenvalue weighted by Crippen LogP contribution is 2.38. The first-order chi connectivity index (χ1) is 13.3. The minimum atomic E-state index is -0.172. The SMILES string of the molecule is COc1cc2c(cc1OC)C(CNC(=S)NC(C)C)N(C(=O)NC(C)C)CC2. The summed E-state index contributed by atoms with van der Waals surface area (Å²) in [6.07, 6.45) is 0.756. The largest absolute Gasteiger partial charge is 0.493 e. The summed E-state index contributed by atoms with van der Waals surface area (Å²) in [7, 11) is 3.25. The number of urea groups is 1.